The van der Waals surface area contributed by atoms with Gasteiger partial charge in [0.05, 0.1) is 0 Å². The van der Waals surface area contributed by atoms with E-state index in [4.69, 9.17) is 15.0 Å². The van der Waals surface area contributed by atoms with Gasteiger partial charge in [-0.25, -0.2) is 15.0 Å². The van der Waals surface area contributed by atoms with Crippen LogP contribution in [0.3, 0.4) is 0 Å². The van der Waals surface area contributed by atoms with Crippen LogP contribution in [0.15, 0.2) is 176 Å². The number of benzene rings is 7. The van der Waals surface area contributed by atoms with Gasteiger partial charge in [-0.3, -0.25) is 0 Å². The SMILES string of the molecule is c1ccc(-c2nc(-c3ccccc3)nc(-c3cccc(-c4ccc(-c5cccc(-c6cccc7c6C6(CCCCC6)c6ccccc6-7)c5)cc4)c3)n2)cc1. The Morgan fingerprint density at radius 2 is 0.759 bits per heavy atom. The molecule has 10 rings (SSSR count). The molecule has 2 aliphatic rings. The van der Waals surface area contributed by atoms with Gasteiger partial charge in [0.25, 0.3) is 0 Å². The van der Waals surface area contributed by atoms with Crippen LogP contribution in [0.5, 0.6) is 0 Å². The first kappa shape index (κ1) is 32.2. The fraction of sp³-hybridized carbons (Fsp3) is 0.118. The van der Waals surface area contributed by atoms with E-state index in [2.05, 4.69) is 115 Å². The van der Waals surface area contributed by atoms with Crippen molar-refractivity contribution in [3.05, 3.63) is 187 Å². The summed E-state index contributed by atoms with van der Waals surface area (Å²) in [4.78, 5) is 14.8. The maximum Gasteiger partial charge on any atom is 0.164 e. The summed E-state index contributed by atoms with van der Waals surface area (Å²) in [6, 6.07) is 63.0. The fourth-order valence-electron chi connectivity index (χ4n) is 8.97. The van der Waals surface area contributed by atoms with Gasteiger partial charge in [-0.05, 0) is 80.6 Å². The minimum Gasteiger partial charge on any atom is -0.208 e. The first-order valence-electron chi connectivity index (χ1n) is 19.2. The van der Waals surface area contributed by atoms with Crippen LogP contribution in [0.25, 0.3) is 78.7 Å². The number of nitrogens with zero attached hydrogens (tertiary/aromatic N) is 3. The second-order valence-corrected chi connectivity index (χ2v) is 14.7. The molecule has 0 saturated heterocycles. The molecule has 0 N–H and O–H groups in total. The van der Waals surface area contributed by atoms with E-state index in [9.17, 15) is 0 Å². The van der Waals surface area contributed by atoms with Gasteiger partial charge < -0.3 is 0 Å². The molecule has 54 heavy (non-hydrogen) atoms. The van der Waals surface area contributed by atoms with Crippen LogP contribution in [0, 0.1) is 0 Å². The second-order valence-electron chi connectivity index (χ2n) is 14.7. The molecule has 1 heterocycles. The van der Waals surface area contributed by atoms with E-state index >= 15 is 0 Å². The molecule has 0 atom stereocenters. The molecule has 0 unspecified atom stereocenters. The van der Waals surface area contributed by atoms with Crippen LogP contribution in [0.1, 0.15) is 43.2 Å². The standard InChI is InChI=1S/C51H39N3/c1-4-15-37(16-5-1)48-52-49(38-17-6-2-7-18-38)54-50(53-48)42-22-13-20-40(34-42)36-29-27-35(28-30-36)39-19-12-21-41(33-39)43-24-14-25-45-44-23-8-9-26-46(44)51(47(43)45)31-10-3-11-32-51/h1-2,4-9,12-30,33-34H,3,10-11,31-32H2. The maximum absolute atomic E-state index is 4.96. The van der Waals surface area contributed by atoms with Crippen LogP contribution >= 0.6 is 0 Å². The van der Waals surface area contributed by atoms with Crippen molar-refractivity contribution in [2.75, 3.05) is 0 Å². The van der Waals surface area contributed by atoms with E-state index in [1.807, 2.05) is 60.7 Å². The third kappa shape index (κ3) is 5.64. The summed E-state index contributed by atoms with van der Waals surface area (Å²) in [5.41, 5.74) is 16.3. The Morgan fingerprint density at radius 1 is 0.315 bits per heavy atom. The Kier molecular flexibility index (Phi) is 8.06. The maximum atomic E-state index is 4.96. The van der Waals surface area contributed by atoms with Crippen molar-refractivity contribution in [2.45, 2.75) is 37.5 Å². The zero-order valence-corrected chi connectivity index (χ0v) is 30.1. The normalized spacial score (nSPS) is 14.1. The van der Waals surface area contributed by atoms with Crippen molar-refractivity contribution in [2.24, 2.45) is 0 Å². The van der Waals surface area contributed by atoms with Crippen molar-refractivity contribution in [1.82, 2.24) is 15.0 Å². The van der Waals surface area contributed by atoms with E-state index < -0.39 is 0 Å². The number of fused-ring (bicyclic) bond motifs is 5. The van der Waals surface area contributed by atoms with Crippen molar-refractivity contribution < 1.29 is 0 Å². The van der Waals surface area contributed by atoms with Gasteiger partial charge in [0.2, 0.25) is 0 Å². The molecule has 3 nitrogen and oxygen atoms in total. The van der Waals surface area contributed by atoms with Crippen LogP contribution in [-0.2, 0) is 5.41 Å². The predicted molar refractivity (Wildman–Crippen MR) is 222 cm³/mol. The van der Waals surface area contributed by atoms with Crippen LogP contribution in [-0.4, -0.2) is 15.0 Å². The molecule has 2 aliphatic carbocycles. The van der Waals surface area contributed by atoms with Gasteiger partial charge in [-0.1, -0.05) is 183 Å². The zero-order chi connectivity index (χ0) is 35.9. The average Bonchev–Trinajstić information content (AvgIpc) is 3.53. The summed E-state index contributed by atoms with van der Waals surface area (Å²) in [5, 5.41) is 0. The molecule has 0 aliphatic heterocycles. The van der Waals surface area contributed by atoms with Gasteiger partial charge >= 0.3 is 0 Å². The fourth-order valence-corrected chi connectivity index (χ4v) is 8.97. The lowest BCUT2D eigenvalue weighted by atomic mass is 9.66. The lowest BCUT2D eigenvalue weighted by Gasteiger charge is -2.37. The third-order valence-electron chi connectivity index (χ3n) is 11.5. The molecular formula is C51H39N3. The number of hydrogen-bond donors (Lipinski definition) is 0. The summed E-state index contributed by atoms with van der Waals surface area (Å²) >= 11 is 0. The zero-order valence-electron chi connectivity index (χ0n) is 30.1. The van der Waals surface area contributed by atoms with Crippen molar-refractivity contribution >= 4 is 0 Å². The van der Waals surface area contributed by atoms with Gasteiger partial charge in [0, 0.05) is 22.1 Å². The van der Waals surface area contributed by atoms with Crippen LogP contribution in [0.2, 0.25) is 0 Å². The Bertz CT molecular complexity index is 2560. The molecule has 1 aromatic heterocycles. The summed E-state index contributed by atoms with van der Waals surface area (Å²) < 4.78 is 0. The molecule has 258 valence electrons. The average molecular weight is 694 g/mol. The first-order chi connectivity index (χ1) is 26.7. The van der Waals surface area contributed by atoms with Crippen LogP contribution in [0.4, 0.5) is 0 Å². The van der Waals surface area contributed by atoms with Gasteiger partial charge in [-0.2, -0.15) is 0 Å². The minimum absolute atomic E-state index is 0.112. The molecular weight excluding hydrogens is 655 g/mol. The Labute approximate surface area is 317 Å². The lowest BCUT2D eigenvalue weighted by Crippen LogP contribution is -2.28. The number of rotatable bonds is 6. The van der Waals surface area contributed by atoms with Crippen molar-refractivity contribution in [3.8, 4) is 78.7 Å². The summed E-state index contributed by atoms with van der Waals surface area (Å²) in [5.74, 6) is 1.98. The highest BCUT2D eigenvalue weighted by Crippen LogP contribution is 2.58. The minimum atomic E-state index is 0.112. The molecule has 0 radical (unpaired) electrons. The smallest absolute Gasteiger partial charge is 0.164 e. The Morgan fingerprint density at radius 3 is 1.39 bits per heavy atom. The van der Waals surface area contributed by atoms with Gasteiger partial charge in [0.1, 0.15) is 0 Å². The molecule has 3 heteroatoms. The Hall–Kier alpha value is -6.45. The monoisotopic (exact) mass is 693 g/mol. The summed E-state index contributed by atoms with van der Waals surface area (Å²) in [6.07, 6.45) is 6.37. The molecule has 7 aromatic carbocycles. The summed E-state index contributed by atoms with van der Waals surface area (Å²) in [7, 11) is 0. The van der Waals surface area contributed by atoms with Crippen molar-refractivity contribution in [3.63, 3.8) is 0 Å². The van der Waals surface area contributed by atoms with Crippen LogP contribution < -0.4 is 0 Å². The summed E-state index contributed by atoms with van der Waals surface area (Å²) in [6.45, 7) is 0. The predicted octanol–water partition coefficient (Wildman–Crippen LogP) is 13.1. The first-order valence-corrected chi connectivity index (χ1v) is 19.2. The molecule has 8 aromatic rings. The van der Waals surface area contributed by atoms with Crippen molar-refractivity contribution in [1.29, 1.82) is 0 Å². The van der Waals surface area contributed by atoms with E-state index in [-0.39, 0.29) is 5.41 Å². The van der Waals surface area contributed by atoms with E-state index in [0.717, 1.165) is 27.8 Å². The van der Waals surface area contributed by atoms with Gasteiger partial charge in [0.15, 0.2) is 17.5 Å². The second kappa shape index (κ2) is 13.5. The largest absolute Gasteiger partial charge is 0.208 e. The van der Waals surface area contributed by atoms with Gasteiger partial charge in [-0.15, -0.1) is 0 Å². The van der Waals surface area contributed by atoms with E-state index in [1.54, 1.807) is 5.56 Å². The quantitative estimate of drug-likeness (QED) is 0.174. The molecule has 0 amide bonds. The highest BCUT2D eigenvalue weighted by atomic mass is 15.0. The highest BCUT2D eigenvalue weighted by molar-refractivity contribution is 5.89. The number of hydrogen-bond acceptors (Lipinski definition) is 3. The molecule has 1 saturated carbocycles. The van der Waals surface area contributed by atoms with E-state index in [1.165, 1.54) is 71.0 Å². The third-order valence-corrected chi connectivity index (χ3v) is 11.5. The molecule has 1 fully saturated rings. The Balaban J connectivity index is 0.982. The topological polar surface area (TPSA) is 38.7 Å². The molecule has 1 spiro atoms. The number of aromatic nitrogens is 3. The molecule has 0 bridgehead atoms. The lowest BCUT2D eigenvalue weighted by molar-refractivity contribution is 0.353. The highest BCUT2D eigenvalue weighted by Gasteiger charge is 2.45. The van der Waals surface area contributed by atoms with E-state index in [0.29, 0.717) is 17.5 Å².